The highest BCUT2D eigenvalue weighted by Gasteiger charge is 2.20. The Bertz CT molecular complexity index is 698. The first kappa shape index (κ1) is 17.1. The second-order valence-corrected chi connectivity index (χ2v) is 6.85. The minimum Gasteiger partial charge on any atom is -0.207 e. The topological polar surface area (TPSA) is 0 Å². The van der Waals surface area contributed by atoms with E-state index in [-0.39, 0.29) is 11.4 Å². The van der Waals surface area contributed by atoms with Crippen molar-refractivity contribution in [3.05, 3.63) is 70.0 Å². The molecular weight excluding hydrogens is 309 g/mol. The van der Waals surface area contributed by atoms with E-state index in [9.17, 15) is 13.2 Å². The quantitative estimate of drug-likeness (QED) is 0.650. The van der Waals surface area contributed by atoms with Crippen LogP contribution in [0.15, 0.2) is 30.3 Å². The van der Waals surface area contributed by atoms with Crippen LogP contribution in [-0.4, -0.2) is 0 Å². The van der Waals surface area contributed by atoms with Crippen molar-refractivity contribution in [3.63, 3.8) is 0 Å². The third kappa shape index (κ3) is 3.82. The van der Waals surface area contributed by atoms with Crippen LogP contribution in [0.3, 0.4) is 0 Å². The SMILES string of the molecule is CCCc1cc(F)c(CCC2CCc3ccc(F)cc3C2)c(F)c1. The maximum Gasteiger partial charge on any atom is 0.129 e. The van der Waals surface area contributed by atoms with Crippen LogP contribution in [-0.2, 0) is 25.7 Å². The number of fused-ring (bicyclic) bond motifs is 1. The maximum absolute atomic E-state index is 14.2. The highest BCUT2D eigenvalue weighted by Crippen LogP contribution is 2.30. The molecular formula is C21H23F3. The highest BCUT2D eigenvalue weighted by molar-refractivity contribution is 5.31. The van der Waals surface area contributed by atoms with Crippen LogP contribution in [0.1, 0.15) is 48.4 Å². The molecule has 2 aromatic carbocycles. The van der Waals surface area contributed by atoms with Crippen LogP contribution < -0.4 is 0 Å². The van der Waals surface area contributed by atoms with Gasteiger partial charge in [-0.2, -0.15) is 0 Å². The zero-order valence-electron chi connectivity index (χ0n) is 14.0. The van der Waals surface area contributed by atoms with Gasteiger partial charge < -0.3 is 0 Å². The van der Waals surface area contributed by atoms with Gasteiger partial charge in [0.25, 0.3) is 0 Å². The number of hydrogen-bond donors (Lipinski definition) is 0. The first-order valence-electron chi connectivity index (χ1n) is 8.81. The smallest absolute Gasteiger partial charge is 0.129 e. The molecule has 0 nitrogen and oxygen atoms in total. The van der Waals surface area contributed by atoms with Gasteiger partial charge >= 0.3 is 0 Å². The van der Waals surface area contributed by atoms with Crippen molar-refractivity contribution >= 4 is 0 Å². The summed E-state index contributed by atoms with van der Waals surface area (Å²) in [5, 5.41) is 0. The van der Waals surface area contributed by atoms with E-state index in [2.05, 4.69) is 0 Å². The fourth-order valence-electron chi connectivity index (χ4n) is 3.72. The Kier molecular flexibility index (Phi) is 5.27. The van der Waals surface area contributed by atoms with Gasteiger partial charge in [-0.25, -0.2) is 13.2 Å². The minimum absolute atomic E-state index is 0.194. The Labute approximate surface area is 141 Å². The van der Waals surface area contributed by atoms with Crippen molar-refractivity contribution in [2.75, 3.05) is 0 Å². The van der Waals surface area contributed by atoms with Crippen molar-refractivity contribution in [3.8, 4) is 0 Å². The molecule has 3 rings (SSSR count). The fourth-order valence-corrected chi connectivity index (χ4v) is 3.72. The zero-order chi connectivity index (χ0) is 17.1. The van der Waals surface area contributed by atoms with Gasteiger partial charge in [0.15, 0.2) is 0 Å². The molecule has 1 unspecified atom stereocenters. The summed E-state index contributed by atoms with van der Waals surface area (Å²) < 4.78 is 41.8. The Hall–Kier alpha value is -1.77. The van der Waals surface area contributed by atoms with Gasteiger partial charge in [0.1, 0.15) is 17.5 Å². The van der Waals surface area contributed by atoms with E-state index < -0.39 is 11.6 Å². The van der Waals surface area contributed by atoms with Gasteiger partial charge in [0.2, 0.25) is 0 Å². The molecule has 1 atom stereocenters. The van der Waals surface area contributed by atoms with E-state index in [0.717, 1.165) is 43.2 Å². The molecule has 2 aromatic rings. The van der Waals surface area contributed by atoms with Crippen LogP contribution in [0.25, 0.3) is 0 Å². The number of benzene rings is 2. The standard InChI is InChI=1S/C21H23F3/c1-2-3-15-11-20(23)19(21(24)12-15)9-5-14-4-6-16-7-8-18(22)13-17(16)10-14/h7-8,11-14H,2-6,9-10H2,1H3. The van der Waals surface area contributed by atoms with Crippen LogP contribution >= 0.6 is 0 Å². The predicted molar refractivity (Wildman–Crippen MR) is 90.6 cm³/mol. The second kappa shape index (κ2) is 7.42. The first-order chi connectivity index (χ1) is 11.6. The van der Waals surface area contributed by atoms with Crippen molar-refractivity contribution in [2.24, 2.45) is 5.92 Å². The molecule has 0 bridgehead atoms. The first-order valence-corrected chi connectivity index (χ1v) is 8.81. The Morgan fingerprint density at radius 3 is 2.42 bits per heavy atom. The molecule has 24 heavy (non-hydrogen) atoms. The van der Waals surface area contributed by atoms with E-state index in [1.165, 1.54) is 23.8 Å². The highest BCUT2D eigenvalue weighted by atomic mass is 19.1. The molecule has 3 heteroatoms. The van der Waals surface area contributed by atoms with Crippen molar-refractivity contribution in [2.45, 2.75) is 51.9 Å². The number of aryl methyl sites for hydroxylation is 2. The van der Waals surface area contributed by atoms with Gasteiger partial charge in [0.05, 0.1) is 0 Å². The van der Waals surface area contributed by atoms with E-state index in [1.807, 2.05) is 13.0 Å². The van der Waals surface area contributed by atoms with Crippen LogP contribution in [0.2, 0.25) is 0 Å². The molecule has 0 N–H and O–H groups in total. The number of hydrogen-bond acceptors (Lipinski definition) is 0. The molecule has 0 aromatic heterocycles. The second-order valence-electron chi connectivity index (χ2n) is 6.85. The average Bonchev–Trinajstić information content (AvgIpc) is 2.54. The summed E-state index contributed by atoms with van der Waals surface area (Å²) in [7, 11) is 0. The molecule has 0 spiro atoms. The molecule has 0 fully saturated rings. The van der Waals surface area contributed by atoms with E-state index in [1.54, 1.807) is 6.07 Å². The van der Waals surface area contributed by atoms with Crippen LogP contribution in [0.4, 0.5) is 13.2 Å². The lowest BCUT2D eigenvalue weighted by atomic mass is 9.81. The van der Waals surface area contributed by atoms with Crippen molar-refractivity contribution in [1.29, 1.82) is 0 Å². The maximum atomic E-state index is 14.2. The van der Waals surface area contributed by atoms with Crippen LogP contribution in [0, 0.1) is 23.4 Å². The molecule has 0 saturated carbocycles. The molecule has 0 aliphatic heterocycles. The normalized spacial score (nSPS) is 16.9. The summed E-state index contributed by atoms with van der Waals surface area (Å²) in [6.07, 6.45) is 5.41. The van der Waals surface area contributed by atoms with Crippen molar-refractivity contribution in [1.82, 2.24) is 0 Å². The third-order valence-electron chi connectivity index (χ3n) is 5.04. The fraction of sp³-hybridized carbons (Fsp3) is 0.429. The largest absolute Gasteiger partial charge is 0.207 e. The molecule has 0 saturated heterocycles. The van der Waals surface area contributed by atoms with Gasteiger partial charge in [0, 0.05) is 5.56 Å². The Morgan fingerprint density at radius 2 is 1.71 bits per heavy atom. The third-order valence-corrected chi connectivity index (χ3v) is 5.04. The molecule has 0 heterocycles. The van der Waals surface area contributed by atoms with E-state index >= 15 is 0 Å². The summed E-state index contributed by atoms with van der Waals surface area (Å²) in [5.41, 5.74) is 3.16. The van der Waals surface area contributed by atoms with E-state index in [0.29, 0.717) is 18.8 Å². The summed E-state index contributed by atoms with van der Waals surface area (Å²) >= 11 is 0. The van der Waals surface area contributed by atoms with Crippen molar-refractivity contribution < 1.29 is 13.2 Å². The molecule has 128 valence electrons. The molecule has 1 aliphatic carbocycles. The van der Waals surface area contributed by atoms with Crippen LogP contribution in [0.5, 0.6) is 0 Å². The van der Waals surface area contributed by atoms with Gasteiger partial charge in [-0.1, -0.05) is 19.4 Å². The van der Waals surface area contributed by atoms with Gasteiger partial charge in [-0.3, -0.25) is 0 Å². The molecule has 0 radical (unpaired) electrons. The number of rotatable bonds is 5. The lowest BCUT2D eigenvalue weighted by Crippen LogP contribution is -2.16. The summed E-state index contributed by atoms with van der Waals surface area (Å²) in [6, 6.07) is 7.89. The van der Waals surface area contributed by atoms with Gasteiger partial charge in [-0.15, -0.1) is 0 Å². The molecule has 1 aliphatic rings. The lowest BCUT2D eigenvalue weighted by Gasteiger charge is -2.24. The van der Waals surface area contributed by atoms with E-state index in [4.69, 9.17) is 0 Å². The summed E-state index contributed by atoms with van der Waals surface area (Å²) in [4.78, 5) is 0. The summed E-state index contributed by atoms with van der Waals surface area (Å²) in [5.74, 6) is -0.715. The van der Waals surface area contributed by atoms with Gasteiger partial charge in [-0.05, 0) is 85.4 Å². The lowest BCUT2D eigenvalue weighted by molar-refractivity contribution is 0.417. The monoisotopic (exact) mass is 332 g/mol. The summed E-state index contributed by atoms with van der Waals surface area (Å²) in [6.45, 7) is 1.99. The predicted octanol–water partition coefficient (Wildman–Crippen LogP) is 5.79. The Morgan fingerprint density at radius 1 is 0.958 bits per heavy atom. The Balaban J connectivity index is 1.66. The molecule has 0 amide bonds. The minimum atomic E-state index is -0.430. The average molecular weight is 332 g/mol. The number of halogens is 3. The zero-order valence-corrected chi connectivity index (χ0v) is 14.0.